The van der Waals surface area contributed by atoms with Gasteiger partial charge in [-0.25, -0.2) is 4.79 Å². The fourth-order valence-corrected chi connectivity index (χ4v) is 3.14. The van der Waals surface area contributed by atoms with Crippen molar-refractivity contribution in [1.29, 1.82) is 0 Å². The third-order valence-corrected chi connectivity index (χ3v) is 5.65. The van der Waals surface area contributed by atoms with E-state index in [0.29, 0.717) is 5.56 Å². The monoisotopic (exact) mass is 293 g/mol. The summed E-state index contributed by atoms with van der Waals surface area (Å²) < 4.78 is 36.6. The molecule has 5 nitrogen and oxygen atoms in total. The second-order valence-electron chi connectivity index (χ2n) is 4.08. The van der Waals surface area contributed by atoms with Gasteiger partial charge in [-0.1, -0.05) is 22.6 Å². The van der Waals surface area contributed by atoms with Gasteiger partial charge in [0.1, 0.15) is 19.0 Å². The van der Waals surface area contributed by atoms with E-state index in [0.717, 1.165) is 14.1 Å². The van der Waals surface area contributed by atoms with E-state index in [1.54, 1.807) is 25.1 Å². The number of carbonyl (C=O) groups is 1. The predicted octanol–water partition coefficient (Wildman–Crippen LogP) is 1.91. The van der Waals surface area contributed by atoms with Gasteiger partial charge in [0.25, 0.3) is 0 Å². The quantitative estimate of drug-likeness (QED) is 0.304. The lowest BCUT2D eigenvalue weighted by Crippen LogP contribution is -2.55. The smallest absolute Gasteiger partial charge is 0.228 e. The van der Waals surface area contributed by atoms with Crippen LogP contribution in [0.4, 0.5) is 9.18 Å². The van der Waals surface area contributed by atoms with Crippen molar-refractivity contribution >= 4 is 29.0 Å². The van der Waals surface area contributed by atoms with Gasteiger partial charge < -0.3 is 0 Å². The number of quaternary nitrogens is 1. The van der Waals surface area contributed by atoms with Crippen LogP contribution in [0.5, 0.6) is 0 Å². The Morgan fingerprint density at radius 2 is 1.83 bits per heavy atom. The van der Waals surface area contributed by atoms with Crippen molar-refractivity contribution in [3.8, 4) is 0 Å². The molecule has 1 aromatic carbocycles. The molecule has 0 unspecified atom stereocenters. The summed E-state index contributed by atoms with van der Waals surface area (Å²) in [7, 11) is -1.67. The van der Waals surface area contributed by atoms with Crippen molar-refractivity contribution < 1.29 is 21.6 Å². The Kier molecular flexibility index (Phi) is 4.04. The Morgan fingerprint density at radius 1 is 1.33 bits per heavy atom. The molecule has 0 saturated carbocycles. The number of aryl methyl sites for hydroxylation is 1. The summed E-state index contributed by atoms with van der Waals surface area (Å²) in [5.41, 5.74) is 0.511. The molecule has 1 amide bonds. The molecule has 0 bridgehead atoms. The van der Waals surface area contributed by atoms with Crippen LogP contribution >= 0.6 is 12.8 Å². The minimum atomic E-state index is -3.99. The Bertz CT molecular complexity index is 572. The van der Waals surface area contributed by atoms with Crippen LogP contribution in [0.15, 0.2) is 29.2 Å². The van der Waals surface area contributed by atoms with E-state index in [4.69, 9.17) is 0 Å². The molecule has 0 aliphatic heterocycles. The van der Waals surface area contributed by atoms with Crippen molar-refractivity contribution in [2.45, 2.75) is 11.8 Å². The zero-order valence-corrected chi connectivity index (χ0v) is 11.9. The molecule has 0 heterocycles. The number of benzene rings is 1. The molecule has 0 fully saturated rings. The lowest BCUT2D eigenvalue weighted by Gasteiger charge is -2.32. The molecule has 0 aliphatic carbocycles. The van der Waals surface area contributed by atoms with Crippen LogP contribution in [0.1, 0.15) is 5.56 Å². The van der Waals surface area contributed by atoms with Crippen LogP contribution in [0.3, 0.4) is 0 Å². The summed E-state index contributed by atoms with van der Waals surface area (Å²) >= 11 is 3.59. The first-order chi connectivity index (χ1) is 8.12. The summed E-state index contributed by atoms with van der Waals surface area (Å²) in [6, 6.07) is 6.26. The molecule has 1 aromatic rings. The van der Waals surface area contributed by atoms with Crippen LogP contribution in [0.2, 0.25) is 0 Å². The lowest BCUT2D eigenvalue weighted by atomic mass is 10.2. The Balaban J connectivity index is 3.40. The van der Waals surface area contributed by atoms with Gasteiger partial charge in [0.15, 0.2) is 0 Å². The van der Waals surface area contributed by atoms with Crippen LogP contribution in [0, 0.1) is 6.92 Å². The second-order valence-corrected chi connectivity index (χ2v) is 6.74. The maximum Gasteiger partial charge on any atom is 0.456 e. The van der Waals surface area contributed by atoms with E-state index in [1.165, 1.54) is 6.07 Å². The summed E-state index contributed by atoms with van der Waals surface area (Å²) in [6.07, 6.45) is -1.94. The number of hydrogen-bond donors (Lipinski definition) is 1. The summed E-state index contributed by atoms with van der Waals surface area (Å²) in [6.45, 7) is 1.62. The average molecular weight is 293 g/mol. The molecular weight excluding hydrogens is 279 g/mol. The number of thiol groups is 1. The highest BCUT2D eigenvalue weighted by atomic mass is 32.2. The van der Waals surface area contributed by atoms with Crippen LogP contribution in [-0.2, 0) is 10.0 Å². The minimum Gasteiger partial charge on any atom is -0.228 e. The zero-order valence-electron chi connectivity index (χ0n) is 10.2. The number of amides is 1. The predicted molar refractivity (Wildman–Crippen MR) is 67.8 cm³/mol. The fourth-order valence-electron chi connectivity index (χ4n) is 1.38. The van der Waals surface area contributed by atoms with Gasteiger partial charge in [0.05, 0.1) is 0 Å². The van der Waals surface area contributed by atoms with Crippen molar-refractivity contribution in [3.63, 3.8) is 0 Å². The molecule has 0 saturated heterocycles. The SMILES string of the molecule is Cc1ccccc1S(=O)(=O)[N+](C)(C)N(S)C(=O)F. The largest absolute Gasteiger partial charge is 0.456 e. The minimum absolute atomic E-state index is 0.0234. The number of sulfonamides is 1. The average Bonchev–Trinajstić information content (AvgIpc) is 2.27. The van der Waals surface area contributed by atoms with Gasteiger partial charge >= 0.3 is 16.2 Å². The normalized spacial score (nSPS) is 12.3. The van der Waals surface area contributed by atoms with Crippen molar-refractivity contribution in [1.82, 2.24) is 4.41 Å². The molecule has 0 aromatic heterocycles. The fraction of sp³-hybridized carbons (Fsp3) is 0.300. The van der Waals surface area contributed by atoms with Gasteiger partial charge in [0.2, 0.25) is 0 Å². The highest BCUT2D eigenvalue weighted by Crippen LogP contribution is 2.26. The third kappa shape index (κ3) is 2.36. The molecule has 0 aliphatic rings. The summed E-state index contributed by atoms with van der Waals surface area (Å²) in [5, 5.41) is 0. The van der Waals surface area contributed by atoms with Crippen molar-refractivity contribution in [3.05, 3.63) is 29.8 Å². The standard InChI is InChI=1S/C10H14FN2O3S2/c1-8-6-4-5-7-9(8)18(15,16)13(2,3)12(17)10(11)14/h4-7,17H,1-3H3/q+1. The van der Waals surface area contributed by atoms with E-state index in [9.17, 15) is 17.6 Å². The molecule has 0 spiro atoms. The highest BCUT2D eigenvalue weighted by Gasteiger charge is 2.43. The third-order valence-electron chi connectivity index (χ3n) is 2.57. The molecule has 8 heteroatoms. The number of hydrogen-bond acceptors (Lipinski definition) is 4. The summed E-state index contributed by atoms with van der Waals surface area (Å²) in [5.74, 6) is 0. The maximum absolute atomic E-state index is 12.7. The summed E-state index contributed by atoms with van der Waals surface area (Å²) in [4.78, 5) is 10.7. The molecule has 18 heavy (non-hydrogen) atoms. The van der Waals surface area contributed by atoms with Gasteiger partial charge in [-0.3, -0.25) is 0 Å². The Hall–Kier alpha value is -1.12. The molecule has 0 radical (unpaired) electrons. The highest BCUT2D eigenvalue weighted by molar-refractivity contribution is 7.86. The van der Waals surface area contributed by atoms with Crippen LogP contribution in [-0.4, -0.2) is 37.1 Å². The van der Waals surface area contributed by atoms with E-state index in [2.05, 4.69) is 12.8 Å². The van der Waals surface area contributed by atoms with Crippen molar-refractivity contribution in [2.24, 2.45) is 0 Å². The Morgan fingerprint density at radius 3 is 2.28 bits per heavy atom. The topological polar surface area (TPSA) is 54.5 Å². The number of halogens is 1. The second kappa shape index (κ2) is 4.87. The molecule has 1 rings (SSSR count). The van der Waals surface area contributed by atoms with E-state index in [-0.39, 0.29) is 9.31 Å². The molecule has 100 valence electrons. The first-order valence-electron chi connectivity index (χ1n) is 4.96. The lowest BCUT2D eigenvalue weighted by molar-refractivity contribution is -0.852. The zero-order chi connectivity index (χ0) is 14.1. The van der Waals surface area contributed by atoms with Gasteiger partial charge in [-0.2, -0.15) is 8.42 Å². The molecule has 0 atom stereocenters. The number of carbonyl (C=O) groups excluding carboxylic acids is 1. The Labute approximate surface area is 111 Å². The van der Waals surface area contributed by atoms with Crippen molar-refractivity contribution in [2.75, 3.05) is 14.1 Å². The first-order valence-corrected chi connectivity index (χ1v) is 6.80. The van der Waals surface area contributed by atoms with Gasteiger partial charge in [0, 0.05) is 0 Å². The molecule has 0 N–H and O–H groups in total. The molecular formula is C10H14FN2O3S2+. The van der Waals surface area contributed by atoms with Crippen LogP contribution in [0.25, 0.3) is 0 Å². The maximum atomic E-state index is 12.7. The number of rotatable bonds is 3. The van der Waals surface area contributed by atoms with E-state index < -0.39 is 20.2 Å². The van der Waals surface area contributed by atoms with E-state index in [1.807, 2.05) is 0 Å². The number of nitrogens with zero attached hydrogens (tertiary/aromatic N) is 2. The van der Waals surface area contributed by atoms with Gasteiger partial charge in [-0.15, -0.1) is 8.39 Å². The van der Waals surface area contributed by atoms with E-state index >= 15 is 0 Å². The van der Waals surface area contributed by atoms with Crippen LogP contribution < -0.4 is 0 Å². The first kappa shape index (κ1) is 14.9. The van der Waals surface area contributed by atoms with Gasteiger partial charge in [-0.05, 0) is 31.4 Å².